The summed E-state index contributed by atoms with van der Waals surface area (Å²) in [5.74, 6) is 0.225. The monoisotopic (exact) mass is 228 g/mol. The molecule has 1 aromatic heterocycles. The van der Waals surface area contributed by atoms with E-state index in [-0.39, 0.29) is 17.2 Å². The molecule has 2 rings (SSSR count). The first-order chi connectivity index (χ1) is 8.20. The molecule has 0 fully saturated rings. The van der Waals surface area contributed by atoms with Gasteiger partial charge in [-0.3, -0.25) is 9.69 Å². The molecular formula is C13H12N2O2. The molecule has 0 saturated heterocycles. The zero-order valence-corrected chi connectivity index (χ0v) is 9.37. The standard InChI is InChI=1S/C13H12N2O2/c1-15(12-8-4-5-9-14-12)13(17)10-6-2-3-7-11(10)16/h2-9,16H,1H3. The van der Waals surface area contributed by atoms with Crippen molar-refractivity contribution in [2.75, 3.05) is 11.9 Å². The highest BCUT2D eigenvalue weighted by Gasteiger charge is 2.16. The van der Waals surface area contributed by atoms with Crippen LogP contribution in [0.15, 0.2) is 48.7 Å². The van der Waals surface area contributed by atoms with Crippen molar-refractivity contribution in [3.63, 3.8) is 0 Å². The summed E-state index contributed by atoms with van der Waals surface area (Å²) in [7, 11) is 1.62. The molecule has 0 aliphatic carbocycles. The highest BCUT2D eigenvalue weighted by molar-refractivity contribution is 6.06. The van der Waals surface area contributed by atoms with E-state index >= 15 is 0 Å². The number of aromatic hydroxyl groups is 1. The molecule has 4 heteroatoms. The number of benzene rings is 1. The van der Waals surface area contributed by atoms with E-state index in [9.17, 15) is 9.90 Å². The second-order valence-corrected chi connectivity index (χ2v) is 3.57. The fourth-order valence-corrected chi connectivity index (χ4v) is 1.49. The number of aromatic nitrogens is 1. The molecule has 1 aromatic carbocycles. The topological polar surface area (TPSA) is 53.4 Å². The number of hydrogen-bond acceptors (Lipinski definition) is 3. The number of amides is 1. The zero-order valence-electron chi connectivity index (χ0n) is 9.37. The number of nitrogens with zero attached hydrogens (tertiary/aromatic N) is 2. The normalized spacial score (nSPS) is 9.94. The van der Waals surface area contributed by atoms with Gasteiger partial charge in [-0.25, -0.2) is 4.98 Å². The van der Waals surface area contributed by atoms with Crippen LogP contribution in [0.1, 0.15) is 10.4 Å². The van der Waals surface area contributed by atoms with Gasteiger partial charge in [0.05, 0.1) is 5.56 Å². The van der Waals surface area contributed by atoms with Gasteiger partial charge in [0.15, 0.2) is 0 Å². The van der Waals surface area contributed by atoms with Crippen molar-refractivity contribution in [1.82, 2.24) is 4.98 Å². The maximum absolute atomic E-state index is 12.1. The minimum atomic E-state index is -0.290. The van der Waals surface area contributed by atoms with Gasteiger partial charge in [-0.2, -0.15) is 0 Å². The number of hydrogen-bond donors (Lipinski definition) is 1. The van der Waals surface area contributed by atoms with Gasteiger partial charge in [0.25, 0.3) is 5.91 Å². The SMILES string of the molecule is CN(C(=O)c1ccccc1O)c1ccccn1. The number of carbonyl (C=O) groups excluding carboxylic acids is 1. The van der Waals surface area contributed by atoms with Crippen LogP contribution >= 0.6 is 0 Å². The molecule has 0 unspecified atom stereocenters. The van der Waals surface area contributed by atoms with E-state index in [4.69, 9.17) is 0 Å². The largest absolute Gasteiger partial charge is 0.507 e. The van der Waals surface area contributed by atoms with E-state index in [1.54, 1.807) is 49.6 Å². The molecule has 1 amide bonds. The summed E-state index contributed by atoms with van der Waals surface area (Å²) < 4.78 is 0. The zero-order chi connectivity index (χ0) is 12.3. The number of pyridine rings is 1. The van der Waals surface area contributed by atoms with Crippen molar-refractivity contribution >= 4 is 11.7 Å². The molecule has 1 heterocycles. The van der Waals surface area contributed by atoms with Crippen LogP contribution in [0, 0.1) is 0 Å². The molecule has 1 N–H and O–H groups in total. The Kier molecular flexibility index (Phi) is 3.05. The van der Waals surface area contributed by atoms with Crippen LogP contribution in [0.25, 0.3) is 0 Å². The molecule has 2 aromatic rings. The summed E-state index contributed by atoms with van der Waals surface area (Å²) in [6.07, 6.45) is 1.62. The number of phenolic OH excluding ortho intramolecular Hbond substituents is 1. The number of anilines is 1. The first kappa shape index (κ1) is 11.1. The molecule has 17 heavy (non-hydrogen) atoms. The summed E-state index contributed by atoms with van der Waals surface area (Å²) in [4.78, 5) is 17.6. The molecule has 0 spiro atoms. The Balaban J connectivity index is 2.30. The van der Waals surface area contributed by atoms with Crippen LogP contribution in [0.3, 0.4) is 0 Å². The average Bonchev–Trinajstić information content (AvgIpc) is 2.39. The van der Waals surface area contributed by atoms with E-state index in [0.717, 1.165) is 0 Å². The lowest BCUT2D eigenvalue weighted by atomic mass is 10.2. The molecular weight excluding hydrogens is 216 g/mol. The third-order valence-electron chi connectivity index (χ3n) is 2.43. The second-order valence-electron chi connectivity index (χ2n) is 3.57. The first-order valence-corrected chi connectivity index (χ1v) is 5.17. The van der Waals surface area contributed by atoms with Crippen LogP contribution in [0.5, 0.6) is 5.75 Å². The van der Waals surface area contributed by atoms with Crippen LogP contribution in [0.2, 0.25) is 0 Å². The molecule has 86 valence electrons. The first-order valence-electron chi connectivity index (χ1n) is 5.17. The Morgan fingerprint density at radius 1 is 1.18 bits per heavy atom. The van der Waals surface area contributed by atoms with Crippen LogP contribution < -0.4 is 4.90 Å². The van der Waals surface area contributed by atoms with E-state index in [1.807, 2.05) is 0 Å². The van der Waals surface area contributed by atoms with E-state index in [0.29, 0.717) is 5.82 Å². The van der Waals surface area contributed by atoms with E-state index in [2.05, 4.69) is 4.98 Å². The highest BCUT2D eigenvalue weighted by atomic mass is 16.3. The molecule has 0 saturated carbocycles. The number of rotatable bonds is 2. The molecule has 0 atom stereocenters. The quantitative estimate of drug-likeness (QED) is 0.856. The number of carbonyl (C=O) groups is 1. The minimum absolute atomic E-state index is 0.0275. The van der Waals surface area contributed by atoms with E-state index in [1.165, 1.54) is 11.0 Å². The molecule has 0 aliphatic heterocycles. The fraction of sp³-hybridized carbons (Fsp3) is 0.0769. The van der Waals surface area contributed by atoms with Gasteiger partial charge in [0, 0.05) is 13.2 Å². The van der Waals surface area contributed by atoms with Gasteiger partial charge in [0.1, 0.15) is 11.6 Å². The third-order valence-corrected chi connectivity index (χ3v) is 2.43. The predicted molar refractivity (Wildman–Crippen MR) is 65.1 cm³/mol. The van der Waals surface area contributed by atoms with Crippen LogP contribution in [0.4, 0.5) is 5.82 Å². The lowest BCUT2D eigenvalue weighted by molar-refractivity contribution is 0.0990. The third kappa shape index (κ3) is 2.25. The van der Waals surface area contributed by atoms with Crippen molar-refractivity contribution < 1.29 is 9.90 Å². The lowest BCUT2D eigenvalue weighted by Crippen LogP contribution is -2.26. The Labute approximate surface area is 99.2 Å². The summed E-state index contributed by atoms with van der Waals surface area (Å²) in [6, 6.07) is 11.8. The number of phenols is 1. The maximum atomic E-state index is 12.1. The predicted octanol–water partition coefficient (Wildman–Crippen LogP) is 2.06. The molecule has 4 nitrogen and oxygen atoms in total. The molecule has 0 radical (unpaired) electrons. The fourth-order valence-electron chi connectivity index (χ4n) is 1.49. The smallest absolute Gasteiger partial charge is 0.262 e. The maximum Gasteiger partial charge on any atom is 0.262 e. The summed E-state index contributed by atoms with van der Waals surface area (Å²) in [5.41, 5.74) is 0.264. The Hall–Kier alpha value is -2.36. The summed E-state index contributed by atoms with van der Waals surface area (Å²) in [5, 5.41) is 9.61. The summed E-state index contributed by atoms with van der Waals surface area (Å²) >= 11 is 0. The number of para-hydroxylation sites is 1. The Morgan fingerprint density at radius 2 is 1.88 bits per heavy atom. The lowest BCUT2D eigenvalue weighted by Gasteiger charge is -2.16. The van der Waals surface area contributed by atoms with Crippen LogP contribution in [-0.2, 0) is 0 Å². The second kappa shape index (κ2) is 4.65. The van der Waals surface area contributed by atoms with Crippen molar-refractivity contribution in [2.24, 2.45) is 0 Å². The van der Waals surface area contributed by atoms with Crippen molar-refractivity contribution in [3.8, 4) is 5.75 Å². The Bertz CT molecular complexity index is 526. The molecule has 0 bridgehead atoms. The van der Waals surface area contributed by atoms with Crippen LogP contribution in [-0.4, -0.2) is 23.0 Å². The van der Waals surface area contributed by atoms with Gasteiger partial charge in [-0.05, 0) is 24.3 Å². The minimum Gasteiger partial charge on any atom is -0.507 e. The molecule has 0 aliphatic rings. The van der Waals surface area contributed by atoms with Gasteiger partial charge in [0.2, 0.25) is 0 Å². The highest BCUT2D eigenvalue weighted by Crippen LogP contribution is 2.19. The van der Waals surface area contributed by atoms with Gasteiger partial charge < -0.3 is 5.11 Å². The summed E-state index contributed by atoms with van der Waals surface area (Å²) in [6.45, 7) is 0. The van der Waals surface area contributed by atoms with E-state index < -0.39 is 0 Å². The van der Waals surface area contributed by atoms with Crippen molar-refractivity contribution in [3.05, 3.63) is 54.2 Å². The van der Waals surface area contributed by atoms with Crippen molar-refractivity contribution in [1.29, 1.82) is 0 Å². The van der Waals surface area contributed by atoms with Gasteiger partial charge in [-0.15, -0.1) is 0 Å². The van der Waals surface area contributed by atoms with Gasteiger partial charge in [-0.1, -0.05) is 18.2 Å². The average molecular weight is 228 g/mol. The van der Waals surface area contributed by atoms with Gasteiger partial charge >= 0.3 is 0 Å². The Morgan fingerprint density at radius 3 is 2.53 bits per heavy atom. The van der Waals surface area contributed by atoms with Crippen molar-refractivity contribution in [2.45, 2.75) is 0 Å².